The molecule has 0 bridgehead atoms. The summed E-state index contributed by atoms with van der Waals surface area (Å²) in [4.78, 5) is 15.8. The van der Waals surface area contributed by atoms with Gasteiger partial charge in [0, 0.05) is 0 Å². The summed E-state index contributed by atoms with van der Waals surface area (Å²) in [5, 5.41) is 0.904. The monoisotopic (exact) mass is 422 g/mol. The van der Waals surface area contributed by atoms with Crippen LogP contribution in [0.15, 0.2) is 46.3 Å². The van der Waals surface area contributed by atoms with Gasteiger partial charge in [0.25, 0.3) is 5.91 Å². The van der Waals surface area contributed by atoms with Crippen molar-refractivity contribution in [1.29, 1.82) is 0 Å². The SMILES string of the molecule is Cc1ccccc1OCCOc1c(Cl)cc(/C=C2/SC(N)=NC2=O)cc1Cl. The molecule has 1 aliphatic rings. The average molecular weight is 423 g/mol. The first-order valence-corrected chi connectivity index (χ1v) is 9.59. The Hall–Kier alpha value is -2.15. The lowest BCUT2D eigenvalue weighted by molar-refractivity contribution is -0.113. The van der Waals surface area contributed by atoms with E-state index in [2.05, 4.69) is 4.99 Å². The van der Waals surface area contributed by atoms with E-state index in [1.165, 1.54) is 0 Å². The van der Waals surface area contributed by atoms with Crippen molar-refractivity contribution in [2.45, 2.75) is 6.92 Å². The molecule has 3 rings (SSSR count). The molecule has 0 unspecified atom stereocenters. The largest absolute Gasteiger partial charge is 0.490 e. The van der Waals surface area contributed by atoms with Crippen molar-refractivity contribution < 1.29 is 14.3 Å². The lowest BCUT2D eigenvalue weighted by Crippen LogP contribution is -2.10. The van der Waals surface area contributed by atoms with Gasteiger partial charge in [0.2, 0.25) is 0 Å². The number of carbonyl (C=O) groups excluding carboxylic acids is 1. The van der Waals surface area contributed by atoms with Crippen LogP contribution in [0.1, 0.15) is 11.1 Å². The van der Waals surface area contributed by atoms with Crippen LogP contribution in [0.5, 0.6) is 11.5 Å². The van der Waals surface area contributed by atoms with Gasteiger partial charge in [-0.25, -0.2) is 0 Å². The standard InChI is InChI=1S/C19H16Cl2N2O3S/c1-11-4-2-3-5-15(11)25-6-7-26-17-13(20)8-12(9-14(17)21)10-16-18(24)23-19(22)27-16/h2-5,8-10H,6-7H2,1H3,(H2,22,23,24)/b16-10+. The molecule has 2 aromatic carbocycles. The van der Waals surface area contributed by atoms with Gasteiger partial charge >= 0.3 is 0 Å². The van der Waals surface area contributed by atoms with Gasteiger partial charge in [0.05, 0.1) is 15.0 Å². The van der Waals surface area contributed by atoms with Gasteiger partial charge in [0.15, 0.2) is 10.9 Å². The lowest BCUT2D eigenvalue weighted by atomic mass is 10.2. The molecule has 27 heavy (non-hydrogen) atoms. The number of benzene rings is 2. The molecule has 1 amide bonds. The first kappa shape index (κ1) is 19.6. The number of aryl methyl sites for hydroxylation is 1. The highest BCUT2D eigenvalue weighted by Crippen LogP contribution is 2.36. The number of rotatable bonds is 6. The smallest absolute Gasteiger partial charge is 0.286 e. The van der Waals surface area contributed by atoms with E-state index in [1.54, 1.807) is 18.2 Å². The summed E-state index contributed by atoms with van der Waals surface area (Å²) in [5.74, 6) is 0.800. The van der Waals surface area contributed by atoms with Crippen molar-refractivity contribution >= 4 is 52.1 Å². The van der Waals surface area contributed by atoms with Crippen LogP contribution in [0.25, 0.3) is 6.08 Å². The summed E-state index contributed by atoms with van der Waals surface area (Å²) >= 11 is 13.7. The Morgan fingerprint density at radius 1 is 1.15 bits per heavy atom. The van der Waals surface area contributed by atoms with Crippen LogP contribution in [-0.2, 0) is 4.79 Å². The normalized spacial score (nSPS) is 15.1. The molecule has 8 heteroatoms. The summed E-state index contributed by atoms with van der Waals surface area (Å²) in [5.41, 5.74) is 7.25. The third-order valence-corrected chi connectivity index (χ3v) is 5.01. The third kappa shape index (κ3) is 4.97. The maximum absolute atomic E-state index is 11.7. The summed E-state index contributed by atoms with van der Waals surface area (Å²) in [6.07, 6.45) is 1.64. The first-order chi connectivity index (χ1) is 12.9. The second-order valence-electron chi connectivity index (χ2n) is 5.64. The minimum absolute atomic E-state index is 0.219. The van der Waals surface area contributed by atoms with E-state index in [0.29, 0.717) is 32.9 Å². The van der Waals surface area contributed by atoms with Gasteiger partial charge in [0.1, 0.15) is 19.0 Å². The van der Waals surface area contributed by atoms with Gasteiger partial charge in [-0.3, -0.25) is 4.79 Å². The molecule has 1 heterocycles. The van der Waals surface area contributed by atoms with Crippen LogP contribution >= 0.6 is 35.0 Å². The Kier molecular flexibility index (Phi) is 6.31. The zero-order chi connectivity index (χ0) is 19.4. The molecule has 0 aliphatic carbocycles. The maximum Gasteiger partial charge on any atom is 0.286 e. The van der Waals surface area contributed by atoms with Crippen LogP contribution in [-0.4, -0.2) is 24.3 Å². The van der Waals surface area contributed by atoms with Crippen LogP contribution in [0.3, 0.4) is 0 Å². The molecule has 0 atom stereocenters. The first-order valence-electron chi connectivity index (χ1n) is 8.02. The minimum Gasteiger partial charge on any atom is -0.490 e. The van der Waals surface area contributed by atoms with Gasteiger partial charge in [-0.05, 0) is 54.1 Å². The van der Waals surface area contributed by atoms with Crippen molar-refractivity contribution in [3.63, 3.8) is 0 Å². The van der Waals surface area contributed by atoms with Gasteiger partial charge in [-0.2, -0.15) is 4.99 Å². The van der Waals surface area contributed by atoms with E-state index >= 15 is 0 Å². The summed E-state index contributed by atoms with van der Waals surface area (Å²) < 4.78 is 11.4. The van der Waals surface area contributed by atoms with Crippen molar-refractivity contribution in [1.82, 2.24) is 0 Å². The van der Waals surface area contributed by atoms with Gasteiger partial charge in [-0.15, -0.1) is 0 Å². The van der Waals surface area contributed by atoms with Crippen molar-refractivity contribution in [3.8, 4) is 11.5 Å². The molecular weight excluding hydrogens is 407 g/mol. The van der Waals surface area contributed by atoms with E-state index in [-0.39, 0.29) is 17.7 Å². The number of hydrogen-bond donors (Lipinski definition) is 1. The number of ether oxygens (including phenoxy) is 2. The Bertz CT molecular complexity index is 921. The number of amides is 1. The predicted octanol–water partition coefficient (Wildman–Crippen LogP) is 4.69. The zero-order valence-corrected chi connectivity index (χ0v) is 16.7. The highest BCUT2D eigenvalue weighted by Gasteiger charge is 2.20. The van der Waals surface area contributed by atoms with E-state index in [9.17, 15) is 4.79 Å². The lowest BCUT2D eigenvalue weighted by Gasteiger charge is -2.12. The number of nitrogens with zero attached hydrogens (tertiary/aromatic N) is 1. The van der Waals surface area contributed by atoms with Gasteiger partial charge in [-0.1, -0.05) is 41.4 Å². The highest BCUT2D eigenvalue weighted by molar-refractivity contribution is 8.18. The zero-order valence-electron chi connectivity index (χ0n) is 14.4. The minimum atomic E-state index is -0.376. The summed E-state index contributed by atoms with van der Waals surface area (Å²) in [7, 11) is 0. The summed E-state index contributed by atoms with van der Waals surface area (Å²) in [6.45, 7) is 2.61. The van der Waals surface area contributed by atoms with Crippen LogP contribution in [0.2, 0.25) is 10.0 Å². The molecule has 0 radical (unpaired) electrons. The van der Waals surface area contributed by atoms with Crippen LogP contribution in [0, 0.1) is 6.92 Å². The number of nitrogens with two attached hydrogens (primary N) is 1. The molecule has 0 saturated heterocycles. The number of halogens is 2. The Morgan fingerprint density at radius 3 is 2.44 bits per heavy atom. The predicted molar refractivity (Wildman–Crippen MR) is 111 cm³/mol. The molecular formula is C19H16Cl2N2O3S. The molecule has 0 spiro atoms. The topological polar surface area (TPSA) is 73.9 Å². The molecule has 2 aromatic rings. The molecule has 5 nitrogen and oxygen atoms in total. The van der Waals surface area contributed by atoms with E-state index < -0.39 is 0 Å². The molecule has 1 aliphatic heterocycles. The fraction of sp³-hybridized carbons (Fsp3) is 0.158. The maximum atomic E-state index is 11.7. The van der Waals surface area contributed by atoms with E-state index in [4.69, 9.17) is 38.4 Å². The molecule has 140 valence electrons. The number of para-hydroxylation sites is 1. The molecule has 0 aromatic heterocycles. The molecule has 0 saturated carbocycles. The number of hydrogen-bond acceptors (Lipinski definition) is 5. The number of aliphatic imine (C=N–C) groups is 1. The molecule has 2 N–H and O–H groups in total. The fourth-order valence-electron chi connectivity index (χ4n) is 2.39. The number of thioether (sulfide) groups is 1. The Morgan fingerprint density at radius 2 is 1.81 bits per heavy atom. The van der Waals surface area contributed by atoms with Crippen molar-refractivity contribution in [3.05, 3.63) is 62.5 Å². The van der Waals surface area contributed by atoms with Gasteiger partial charge < -0.3 is 15.2 Å². The van der Waals surface area contributed by atoms with Crippen LogP contribution < -0.4 is 15.2 Å². The average Bonchev–Trinajstić information content (AvgIpc) is 2.92. The number of amidine groups is 1. The Balaban J connectivity index is 1.63. The second-order valence-corrected chi connectivity index (χ2v) is 7.52. The Labute approximate surface area is 171 Å². The van der Waals surface area contributed by atoms with E-state index in [1.807, 2.05) is 31.2 Å². The fourth-order valence-corrected chi connectivity index (χ4v) is 3.69. The van der Waals surface area contributed by atoms with E-state index in [0.717, 1.165) is 23.1 Å². The third-order valence-electron chi connectivity index (χ3n) is 3.64. The molecule has 0 fully saturated rings. The van der Waals surface area contributed by atoms with Crippen LogP contribution in [0.4, 0.5) is 0 Å². The quantitative estimate of drug-likeness (QED) is 0.539. The highest BCUT2D eigenvalue weighted by atomic mass is 35.5. The second kappa shape index (κ2) is 8.69. The van der Waals surface area contributed by atoms with Crippen molar-refractivity contribution in [2.75, 3.05) is 13.2 Å². The number of carbonyl (C=O) groups is 1. The van der Waals surface area contributed by atoms with Crippen molar-refractivity contribution in [2.24, 2.45) is 10.7 Å². The summed E-state index contributed by atoms with van der Waals surface area (Å²) in [6, 6.07) is 11.1.